The van der Waals surface area contributed by atoms with Crippen molar-refractivity contribution in [3.05, 3.63) is 35.9 Å². The van der Waals surface area contributed by atoms with Crippen molar-refractivity contribution >= 4 is 5.91 Å². The molecule has 3 heteroatoms. The van der Waals surface area contributed by atoms with Crippen LogP contribution < -0.4 is 5.32 Å². The Bertz CT molecular complexity index is 490. The van der Waals surface area contributed by atoms with E-state index in [2.05, 4.69) is 17.2 Å². The minimum atomic E-state index is -0.751. The van der Waals surface area contributed by atoms with E-state index in [1.165, 1.54) is 0 Å². The second-order valence-electron chi connectivity index (χ2n) is 5.02. The van der Waals surface area contributed by atoms with Gasteiger partial charge in [0.1, 0.15) is 0 Å². The minimum absolute atomic E-state index is 0.123. The Hall–Kier alpha value is -1.79. The fourth-order valence-corrected chi connectivity index (χ4v) is 2.61. The molecule has 0 heterocycles. The summed E-state index contributed by atoms with van der Waals surface area (Å²) in [5.74, 6) is 4.85. The van der Waals surface area contributed by atoms with Gasteiger partial charge in [0, 0.05) is 6.04 Å². The van der Waals surface area contributed by atoms with Gasteiger partial charge >= 0.3 is 0 Å². The lowest BCUT2D eigenvalue weighted by atomic mass is 9.78. The number of hydrogen-bond donors (Lipinski definition) is 2. The first-order chi connectivity index (χ1) is 9.14. The highest BCUT2D eigenvalue weighted by Gasteiger charge is 2.34. The van der Waals surface area contributed by atoms with Crippen molar-refractivity contribution in [3.8, 4) is 11.8 Å². The van der Waals surface area contributed by atoms with Gasteiger partial charge in [0.25, 0.3) is 5.91 Å². The lowest BCUT2D eigenvalue weighted by molar-refractivity contribution is -0.117. The molecule has 1 aromatic rings. The van der Waals surface area contributed by atoms with E-state index < -0.39 is 5.60 Å². The highest BCUT2D eigenvalue weighted by atomic mass is 16.3. The molecule has 0 spiro atoms. The number of rotatable bonds is 2. The van der Waals surface area contributed by atoms with Crippen LogP contribution in [0.1, 0.15) is 38.2 Å². The smallest absolute Gasteiger partial charge is 0.296 e. The van der Waals surface area contributed by atoms with Crippen LogP contribution in [0.5, 0.6) is 0 Å². The van der Waals surface area contributed by atoms with E-state index in [1.807, 2.05) is 30.3 Å². The van der Waals surface area contributed by atoms with Crippen LogP contribution >= 0.6 is 0 Å². The molecule has 1 amide bonds. The van der Waals surface area contributed by atoms with Gasteiger partial charge < -0.3 is 10.4 Å². The van der Waals surface area contributed by atoms with E-state index >= 15 is 0 Å². The Kier molecular flexibility index (Phi) is 4.24. The number of aliphatic hydroxyl groups is 1. The molecular weight excluding hydrogens is 238 g/mol. The van der Waals surface area contributed by atoms with Crippen LogP contribution in [0.25, 0.3) is 0 Å². The first-order valence-corrected chi connectivity index (χ1v) is 6.65. The molecule has 3 nitrogen and oxygen atoms in total. The molecule has 0 aliphatic heterocycles. The Balaban J connectivity index is 1.95. The standard InChI is InChI=1S/C16H19NO2/c1-2-6-15(18)17-14-9-11-16(19,12-10-14)13-7-4-3-5-8-13/h3-5,7-8,14,19H,9-12H2,1H3,(H,17,18). The Morgan fingerprint density at radius 1 is 1.32 bits per heavy atom. The predicted octanol–water partition coefficient (Wildman–Crippen LogP) is 1.96. The molecule has 2 N–H and O–H groups in total. The SMILES string of the molecule is CC#CC(=O)NC1CCC(O)(c2ccccc2)CC1. The van der Waals surface area contributed by atoms with Crippen LogP contribution in [0.3, 0.4) is 0 Å². The third kappa shape index (κ3) is 3.36. The molecule has 1 aromatic carbocycles. The van der Waals surface area contributed by atoms with Crippen LogP contribution in [0.15, 0.2) is 30.3 Å². The molecular formula is C16H19NO2. The summed E-state index contributed by atoms with van der Waals surface area (Å²) < 4.78 is 0. The van der Waals surface area contributed by atoms with Gasteiger partial charge in [0.2, 0.25) is 0 Å². The fraction of sp³-hybridized carbons (Fsp3) is 0.438. The number of hydrogen-bond acceptors (Lipinski definition) is 2. The zero-order valence-electron chi connectivity index (χ0n) is 11.1. The maximum Gasteiger partial charge on any atom is 0.296 e. The van der Waals surface area contributed by atoms with Crippen LogP contribution in [-0.2, 0) is 10.4 Å². The molecule has 0 aromatic heterocycles. The zero-order valence-corrected chi connectivity index (χ0v) is 11.1. The molecule has 1 aliphatic rings. The maximum absolute atomic E-state index is 11.4. The lowest BCUT2D eigenvalue weighted by Gasteiger charge is -2.36. The summed E-state index contributed by atoms with van der Waals surface area (Å²) in [5.41, 5.74) is 0.215. The van der Waals surface area contributed by atoms with Crippen molar-refractivity contribution < 1.29 is 9.90 Å². The highest BCUT2D eigenvalue weighted by Crippen LogP contribution is 2.36. The largest absolute Gasteiger partial charge is 0.385 e. The van der Waals surface area contributed by atoms with E-state index in [1.54, 1.807) is 6.92 Å². The van der Waals surface area contributed by atoms with Crippen molar-refractivity contribution in [2.45, 2.75) is 44.2 Å². The lowest BCUT2D eigenvalue weighted by Crippen LogP contribution is -2.41. The van der Waals surface area contributed by atoms with Crippen molar-refractivity contribution in [1.29, 1.82) is 0 Å². The molecule has 0 atom stereocenters. The molecule has 0 unspecified atom stereocenters. The number of benzene rings is 1. The quantitative estimate of drug-likeness (QED) is 0.796. The van der Waals surface area contributed by atoms with Gasteiger partial charge in [-0.05, 0) is 44.1 Å². The molecule has 100 valence electrons. The third-order valence-corrected chi connectivity index (χ3v) is 3.70. The first-order valence-electron chi connectivity index (χ1n) is 6.65. The number of carbonyl (C=O) groups excluding carboxylic acids is 1. The minimum Gasteiger partial charge on any atom is -0.385 e. The zero-order chi connectivity index (χ0) is 13.7. The Morgan fingerprint density at radius 2 is 1.95 bits per heavy atom. The van der Waals surface area contributed by atoms with Gasteiger partial charge in [-0.3, -0.25) is 4.79 Å². The Morgan fingerprint density at radius 3 is 2.53 bits per heavy atom. The normalized spacial score (nSPS) is 26.1. The summed E-state index contributed by atoms with van der Waals surface area (Å²) in [6.45, 7) is 1.65. The van der Waals surface area contributed by atoms with E-state index in [4.69, 9.17) is 0 Å². The molecule has 0 radical (unpaired) electrons. The summed E-state index contributed by atoms with van der Waals surface area (Å²) in [5, 5.41) is 13.5. The van der Waals surface area contributed by atoms with E-state index in [0.29, 0.717) is 12.8 Å². The monoisotopic (exact) mass is 257 g/mol. The fourth-order valence-electron chi connectivity index (χ4n) is 2.61. The molecule has 1 aliphatic carbocycles. The van der Waals surface area contributed by atoms with Gasteiger partial charge in [-0.1, -0.05) is 36.3 Å². The van der Waals surface area contributed by atoms with Crippen LogP contribution in [0.4, 0.5) is 0 Å². The van der Waals surface area contributed by atoms with Gasteiger partial charge in [0.15, 0.2) is 0 Å². The van der Waals surface area contributed by atoms with Crippen molar-refractivity contribution in [2.75, 3.05) is 0 Å². The summed E-state index contributed by atoms with van der Waals surface area (Å²) in [6, 6.07) is 9.87. The highest BCUT2D eigenvalue weighted by molar-refractivity contribution is 5.93. The molecule has 1 saturated carbocycles. The summed E-state index contributed by atoms with van der Waals surface area (Å²) in [4.78, 5) is 11.4. The van der Waals surface area contributed by atoms with Crippen molar-refractivity contribution in [3.63, 3.8) is 0 Å². The number of nitrogens with one attached hydrogen (secondary N) is 1. The predicted molar refractivity (Wildman–Crippen MR) is 74.2 cm³/mol. The average Bonchev–Trinajstić information content (AvgIpc) is 2.43. The maximum atomic E-state index is 11.4. The number of carbonyl (C=O) groups is 1. The van der Waals surface area contributed by atoms with Crippen LogP contribution in [-0.4, -0.2) is 17.1 Å². The van der Waals surface area contributed by atoms with Crippen LogP contribution in [0.2, 0.25) is 0 Å². The second-order valence-corrected chi connectivity index (χ2v) is 5.02. The van der Waals surface area contributed by atoms with Gasteiger partial charge in [-0.2, -0.15) is 0 Å². The second kappa shape index (κ2) is 5.90. The van der Waals surface area contributed by atoms with E-state index in [9.17, 15) is 9.90 Å². The van der Waals surface area contributed by atoms with Gasteiger partial charge in [-0.15, -0.1) is 0 Å². The number of amides is 1. The summed E-state index contributed by atoms with van der Waals surface area (Å²) in [6.07, 6.45) is 2.90. The van der Waals surface area contributed by atoms with E-state index in [0.717, 1.165) is 18.4 Å². The molecule has 0 saturated heterocycles. The van der Waals surface area contributed by atoms with Crippen molar-refractivity contribution in [1.82, 2.24) is 5.32 Å². The van der Waals surface area contributed by atoms with E-state index in [-0.39, 0.29) is 11.9 Å². The first kappa shape index (κ1) is 13.6. The van der Waals surface area contributed by atoms with Crippen molar-refractivity contribution in [2.24, 2.45) is 0 Å². The molecule has 1 fully saturated rings. The third-order valence-electron chi connectivity index (χ3n) is 3.70. The topological polar surface area (TPSA) is 49.3 Å². The molecule has 0 bridgehead atoms. The molecule has 19 heavy (non-hydrogen) atoms. The summed E-state index contributed by atoms with van der Waals surface area (Å²) >= 11 is 0. The van der Waals surface area contributed by atoms with Gasteiger partial charge in [-0.25, -0.2) is 0 Å². The Labute approximate surface area is 114 Å². The summed E-state index contributed by atoms with van der Waals surface area (Å²) in [7, 11) is 0. The average molecular weight is 257 g/mol. The van der Waals surface area contributed by atoms with Crippen LogP contribution in [0, 0.1) is 11.8 Å². The molecule has 2 rings (SSSR count). The van der Waals surface area contributed by atoms with Gasteiger partial charge in [0.05, 0.1) is 5.60 Å².